The summed E-state index contributed by atoms with van der Waals surface area (Å²) in [5, 5.41) is 7.50. The zero-order valence-corrected chi connectivity index (χ0v) is 17.8. The Labute approximate surface area is 182 Å². The van der Waals surface area contributed by atoms with Crippen molar-refractivity contribution in [3.63, 3.8) is 0 Å². The highest BCUT2D eigenvalue weighted by atomic mass is 35.5. The molecular weight excluding hydrogens is 432 g/mol. The molecule has 0 aliphatic rings. The van der Waals surface area contributed by atoms with Gasteiger partial charge in [-0.2, -0.15) is 0 Å². The van der Waals surface area contributed by atoms with Gasteiger partial charge in [-0.25, -0.2) is 0 Å². The summed E-state index contributed by atoms with van der Waals surface area (Å²) in [6.07, 6.45) is 2.90. The zero-order chi connectivity index (χ0) is 21.2. The third-order valence-corrected chi connectivity index (χ3v) is 5.07. The van der Waals surface area contributed by atoms with E-state index in [-0.39, 0.29) is 23.9 Å². The second-order valence-electron chi connectivity index (χ2n) is 5.80. The Morgan fingerprint density at radius 3 is 2.59 bits per heavy atom. The number of hydrogen-bond donors (Lipinski definition) is 4. The van der Waals surface area contributed by atoms with E-state index in [2.05, 4.69) is 21.5 Å². The van der Waals surface area contributed by atoms with Crippen LogP contribution in [0.2, 0.25) is 5.02 Å². The molecule has 29 heavy (non-hydrogen) atoms. The molecule has 10 heteroatoms. The van der Waals surface area contributed by atoms with Gasteiger partial charge in [-0.15, -0.1) is 11.3 Å². The number of carbonyl (C=O) groups is 3. The fourth-order valence-electron chi connectivity index (χ4n) is 2.10. The minimum absolute atomic E-state index is 0.0257. The molecule has 0 unspecified atom stereocenters. The highest BCUT2D eigenvalue weighted by Crippen LogP contribution is 2.23. The second kappa shape index (κ2) is 11.3. The number of nitrogens with one attached hydrogen (secondary N) is 4. The molecule has 0 atom stereocenters. The predicted molar refractivity (Wildman–Crippen MR) is 119 cm³/mol. The van der Waals surface area contributed by atoms with Gasteiger partial charge in [0.15, 0.2) is 5.11 Å². The molecule has 7 nitrogen and oxygen atoms in total. The maximum atomic E-state index is 12.0. The van der Waals surface area contributed by atoms with E-state index < -0.39 is 11.8 Å². The topological polar surface area (TPSA) is 99.3 Å². The summed E-state index contributed by atoms with van der Waals surface area (Å²) in [4.78, 5) is 36.5. The molecule has 1 aromatic carbocycles. The van der Waals surface area contributed by atoms with Crippen LogP contribution in [-0.2, 0) is 14.4 Å². The first-order chi connectivity index (χ1) is 13.8. The Kier molecular flexibility index (Phi) is 8.78. The average Bonchev–Trinajstić information content (AvgIpc) is 3.20. The summed E-state index contributed by atoms with van der Waals surface area (Å²) < 4.78 is 0. The van der Waals surface area contributed by atoms with Crippen LogP contribution in [0.4, 0.5) is 5.69 Å². The standard InChI is InChI=1S/C19H19ClN4O3S2/c1-12-14(20)5-2-6-15(12)21-16(25)9-10-18(27)23-24-19(28)22-17(26)8-7-13-4-3-11-29-13/h2-8,11H,9-10H2,1H3,(H,21,25)(H,23,27)(H2,22,24,26,28). The average molecular weight is 451 g/mol. The van der Waals surface area contributed by atoms with E-state index in [0.717, 1.165) is 10.4 Å². The van der Waals surface area contributed by atoms with Crippen LogP contribution in [0.1, 0.15) is 23.3 Å². The van der Waals surface area contributed by atoms with E-state index in [1.165, 1.54) is 17.4 Å². The number of benzene rings is 1. The molecule has 0 aliphatic heterocycles. The van der Waals surface area contributed by atoms with E-state index in [0.29, 0.717) is 10.7 Å². The van der Waals surface area contributed by atoms with Gasteiger partial charge in [0.25, 0.3) is 0 Å². The molecule has 0 aliphatic carbocycles. The normalized spacial score (nSPS) is 10.4. The number of thiocarbonyl (C=S) groups is 1. The lowest BCUT2D eigenvalue weighted by Crippen LogP contribution is -2.48. The van der Waals surface area contributed by atoms with E-state index >= 15 is 0 Å². The van der Waals surface area contributed by atoms with Gasteiger partial charge in [-0.3, -0.25) is 30.6 Å². The van der Waals surface area contributed by atoms with Gasteiger partial charge in [-0.05, 0) is 54.4 Å². The zero-order valence-electron chi connectivity index (χ0n) is 15.5. The van der Waals surface area contributed by atoms with Crippen molar-refractivity contribution in [2.24, 2.45) is 0 Å². The summed E-state index contributed by atoms with van der Waals surface area (Å²) in [6, 6.07) is 8.93. The lowest BCUT2D eigenvalue weighted by Gasteiger charge is -2.11. The van der Waals surface area contributed by atoms with Crippen LogP contribution in [0, 0.1) is 6.92 Å². The lowest BCUT2D eigenvalue weighted by atomic mass is 10.2. The number of thiophene rings is 1. The summed E-state index contributed by atoms with van der Waals surface area (Å²) in [5.74, 6) is -1.20. The van der Waals surface area contributed by atoms with Crippen molar-refractivity contribution >= 4 is 69.8 Å². The number of amides is 3. The molecule has 2 aromatic rings. The molecule has 0 saturated heterocycles. The molecule has 0 fully saturated rings. The van der Waals surface area contributed by atoms with Crippen molar-refractivity contribution in [3.05, 3.63) is 57.3 Å². The van der Waals surface area contributed by atoms with Crippen LogP contribution in [0.15, 0.2) is 41.8 Å². The maximum Gasteiger partial charge on any atom is 0.250 e. The number of hydrogen-bond acceptors (Lipinski definition) is 5. The summed E-state index contributed by atoms with van der Waals surface area (Å²) in [7, 11) is 0. The van der Waals surface area contributed by atoms with E-state index in [1.807, 2.05) is 17.5 Å². The highest BCUT2D eigenvalue weighted by molar-refractivity contribution is 7.80. The molecule has 0 spiro atoms. The van der Waals surface area contributed by atoms with Crippen LogP contribution in [0.3, 0.4) is 0 Å². The van der Waals surface area contributed by atoms with Crippen molar-refractivity contribution < 1.29 is 14.4 Å². The molecule has 4 N–H and O–H groups in total. The largest absolute Gasteiger partial charge is 0.326 e. The number of halogens is 1. The molecule has 0 radical (unpaired) electrons. The van der Waals surface area contributed by atoms with Gasteiger partial charge in [-0.1, -0.05) is 23.7 Å². The van der Waals surface area contributed by atoms with Gasteiger partial charge in [0.2, 0.25) is 17.7 Å². The molecular formula is C19H19ClN4O3S2. The monoisotopic (exact) mass is 450 g/mol. The minimum atomic E-state index is -0.450. The summed E-state index contributed by atoms with van der Waals surface area (Å²) in [5.41, 5.74) is 6.10. The first-order valence-corrected chi connectivity index (χ1v) is 10.2. The van der Waals surface area contributed by atoms with Crippen LogP contribution in [0.5, 0.6) is 0 Å². The van der Waals surface area contributed by atoms with Crippen molar-refractivity contribution in [2.75, 3.05) is 5.32 Å². The van der Waals surface area contributed by atoms with Crippen LogP contribution in [0.25, 0.3) is 6.08 Å². The van der Waals surface area contributed by atoms with Crippen LogP contribution in [-0.4, -0.2) is 22.8 Å². The molecule has 152 valence electrons. The first-order valence-electron chi connectivity index (χ1n) is 8.51. The van der Waals surface area contributed by atoms with E-state index in [9.17, 15) is 14.4 Å². The Balaban J connectivity index is 1.67. The third-order valence-electron chi connectivity index (χ3n) is 3.62. The lowest BCUT2D eigenvalue weighted by molar-refractivity contribution is -0.124. The first kappa shape index (κ1) is 22.5. The number of hydrazine groups is 1. The van der Waals surface area contributed by atoms with Crippen molar-refractivity contribution in [3.8, 4) is 0 Å². The number of rotatable bonds is 6. The maximum absolute atomic E-state index is 12.0. The number of carbonyl (C=O) groups excluding carboxylic acids is 3. The molecule has 1 aromatic heterocycles. The Morgan fingerprint density at radius 2 is 1.86 bits per heavy atom. The molecule has 3 amide bonds. The van der Waals surface area contributed by atoms with E-state index in [1.54, 1.807) is 31.2 Å². The Bertz CT molecular complexity index is 930. The molecule has 0 bridgehead atoms. The van der Waals surface area contributed by atoms with Gasteiger partial charge in [0.05, 0.1) is 0 Å². The fraction of sp³-hybridized carbons (Fsp3) is 0.158. The van der Waals surface area contributed by atoms with Gasteiger partial charge in [0.1, 0.15) is 0 Å². The van der Waals surface area contributed by atoms with E-state index in [4.69, 9.17) is 23.8 Å². The quantitative estimate of drug-likeness (QED) is 0.308. The van der Waals surface area contributed by atoms with Crippen LogP contribution >= 0.6 is 35.2 Å². The van der Waals surface area contributed by atoms with Crippen molar-refractivity contribution in [1.82, 2.24) is 16.2 Å². The predicted octanol–water partition coefficient (Wildman–Crippen LogP) is 3.16. The van der Waals surface area contributed by atoms with Crippen molar-refractivity contribution in [2.45, 2.75) is 19.8 Å². The highest BCUT2D eigenvalue weighted by Gasteiger charge is 2.10. The third kappa shape index (κ3) is 8.02. The van der Waals surface area contributed by atoms with Crippen LogP contribution < -0.4 is 21.5 Å². The molecule has 0 saturated carbocycles. The van der Waals surface area contributed by atoms with Gasteiger partial charge in [0, 0.05) is 34.5 Å². The Morgan fingerprint density at radius 1 is 1.10 bits per heavy atom. The molecule has 1 heterocycles. The summed E-state index contributed by atoms with van der Waals surface area (Å²) >= 11 is 12.4. The Hall–Kier alpha value is -2.75. The number of anilines is 1. The fourth-order valence-corrected chi connectivity index (χ4v) is 3.04. The second-order valence-corrected chi connectivity index (χ2v) is 7.60. The van der Waals surface area contributed by atoms with Gasteiger partial charge < -0.3 is 5.32 Å². The smallest absolute Gasteiger partial charge is 0.250 e. The summed E-state index contributed by atoms with van der Waals surface area (Å²) in [6.45, 7) is 1.79. The van der Waals surface area contributed by atoms with Gasteiger partial charge >= 0.3 is 0 Å². The van der Waals surface area contributed by atoms with Crippen molar-refractivity contribution in [1.29, 1.82) is 0 Å². The molecule has 2 rings (SSSR count). The minimum Gasteiger partial charge on any atom is -0.326 e. The SMILES string of the molecule is Cc1c(Cl)cccc1NC(=O)CCC(=O)NNC(=S)NC(=O)C=Cc1cccs1.